The Kier molecular flexibility index (Phi) is 5.94. The molecule has 8 nitrogen and oxygen atoms in total. The van der Waals surface area contributed by atoms with Gasteiger partial charge >= 0.3 is 11.9 Å². The van der Waals surface area contributed by atoms with E-state index in [9.17, 15) is 14.4 Å². The molecule has 0 saturated heterocycles. The third-order valence-electron chi connectivity index (χ3n) is 3.97. The van der Waals surface area contributed by atoms with Crippen molar-refractivity contribution in [3.63, 3.8) is 0 Å². The number of esters is 2. The second-order valence-electron chi connectivity index (χ2n) is 5.89. The fraction of sp³-hybridized carbons (Fsp3) is 0.100. The third-order valence-corrected chi connectivity index (χ3v) is 4.22. The summed E-state index contributed by atoms with van der Waals surface area (Å²) in [5.74, 6) is -1.77. The van der Waals surface area contributed by atoms with E-state index in [4.69, 9.17) is 11.6 Å². The Balaban J connectivity index is 1.85. The zero-order valence-corrected chi connectivity index (χ0v) is 16.3. The fourth-order valence-corrected chi connectivity index (χ4v) is 2.68. The van der Waals surface area contributed by atoms with Gasteiger partial charge in [0.05, 0.1) is 42.8 Å². The van der Waals surface area contributed by atoms with Crippen LogP contribution in [0.25, 0.3) is 5.69 Å². The maximum absolute atomic E-state index is 12.6. The quantitative estimate of drug-likeness (QED) is 0.644. The summed E-state index contributed by atoms with van der Waals surface area (Å²) in [6, 6.07) is 11.1. The maximum Gasteiger partial charge on any atom is 0.337 e. The lowest BCUT2D eigenvalue weighted by molar-refractivity contribution is 0.0599. The Hall–Kier alpha value is -3.65. The number of anilines is 1. The molecule has 0 fully saturated rings. The summed E-state index contributed by atoms with van der Waals surface area (Å²) < 4.78 is 10.9. The minimum Gasteiger partial charge on any atom is -0.465 e. The molecule has 0 saturated carbocycles. The van der Waals surface area contributed by atoms with Crippen LogP contribution in [0.15, 0.2) is 54.9 Å². The molecular formula is C20H16ClN3O5. The Morgan fingerprint density at radius 2 is 1.52 bits per heavy atom. The Morgan fingerprint density at radius 1 is 0.931 bits per heavy atom. The molecule has 148 valence electrons. The summed E-state index contributed by atoms with van der Waals surface area (Å²) in [4.78, 5) is 36.3. The van der Waals surface area contributed by atoms with Crippen molar-refractivity contribution in [1.82, 2.24) is 9.78 Å². The van der Waals surface area contributed by atoms with Crippen molar-refractivity contribution < 1.29 is 23.9 Å². The number of carbonyl (C=O) groups excluding carboxylic acids is 3. The van der Waals surface area contributed by atoms with E-state index in [0.717, 1.165) is 5.69 Å². The molecule has 1 heterocycles. The van der Waals surface area contributed by atoms with Crippen LogP contribution < -0.4 is 5.32 Å². The number of benzene rings is 2. The molecule has 0 aliphatic rings. The largest absolute Gasteiger partial charge is 0.465 e. The molecule has 29 heavy (non-hydrogen) atoms. The van der Waals surface area contributed by atoms with Crippen molar-refractivity contribution in [2.45, 2.75) is 0 Å². The second-order valence-corrected chi connectivity index (χ2v) is 6.32. The number of methoxy groups -OCH3 is 2. The number of hydrogen-bond acceptors (Lipinski definition) is 6. The summed E-state index contributed by atoms with van der Waals surface area (Å²) >= 11 is 5.88. The molecule has 1 N–H and O–H groups in total. The Morgan fingerprint density at radius 3 is 2.07 bits per heavy atom. The van der Waals surface area contributed by atoms with Gasteiger partial charge in [-0.3, -0.25) is 4.79 Å². The van der Waals surface area contributed by atoms with Crippen molar-refractivity contribution in [2.24, 2.45) is 0 Å². The first-order valence-corrected chi connectivity index (χ1v) is 8.72. The van der Waals surface area contributed by atoms with E-state index in [1.807, 2.05) is 0 Å². The first kappa shape index (κ1) is 20.1. The van der Waals surface area contributed by atoms with Gasteiger partial charge in [-0.15, -0.1) is 0 Å². The van der Waals surface area contributed by atoms with Crippen LogP contribution >= 0.6 is 11.6 Å². The normalized spacial score (nSPS) is 10.3. The van der Waals surface area contributed by atoms with E-state index in [1.54, 1.807) is 30.5 Å². The lowest BCUT2D eigenvalue weighted by Crippen LogP contribution is -2.14. The van der Waals surface area contributed by atoms with Crippen molar-refractivity contribution in [1.29, 1.82) is 0 Å². The molecule has 9 heteroatoms. The fourth-order valence-electron chi connectivity index (χ4n) is 2.55. The van der Waals surface area contributed by atoms with Crippen molar-refractivity contribution in [3.8, 4) is 5.69 Å². The van der Waals surface area contributed by atoms with Gasteiger partial charge in [-0.1, -0.05) is 11.6 Å². The van der Waals surface area contributed by atoms with Crippen molar-refractivity contribution in [2.75, 3.05) is 19.5 Å². The molecule has 3 aromatic rings. The number of rotatable bonds is 5. The highest BCUT2D eigenvalue weighted by Crippen LogP contribution is 2.19. The number of nitrogens with zero attached hydrogens (tertiary/aromatic N) is 2. The van der Waals surface area contributed by atoms with Crippen LogP contribution in [0.4, 0.5) is 5.69 Å². The zero-order valence-electron chi connectivity index (χ0n) is 15.5. The zero-order chi connectivity index (χ0) is 21.0. The van der Waals surface area contributed by atoms with Crippen LogP contribution in [-0.2, 0) is 9.47 Å². The van der Waals surface area contributed by atoms with Crippen LogP contribution in [0.5, 0.6) is 0 Å². The number of hydrogen-bond donors (Lipinski definition) is 1. The van der Waals surface area contributed by atoms with E-state index in [2.05, 4.69) is 19.9 Å². The minimum atomic E-state index is -0.651. The molecule has 0 atom stereocenters. The number of amides is 1. The van der Waals surface area contributed by atoms with E-state index >= 15 is 0 Å². The smallest absolute Gasteiger partial charge is 0.337 e. The number of carbonyl (C=O) groups is 3. The monoisotopic (exact) mass is 413 g/mol. The van der Waals surface area contributed by atoms with E-state index in [0.29, 0.717) is 5.02 Å². The van der Waals surface area contributed by atoms with E-state index in [1.165, 1.54) is 43.3 Å². The predicted molar refractivity (Wildman–Crippen MR) is 106 cm³/mol. The summed E-state index contributed by atoms with van der Waals surface area (Å²) in [7, 11) is 2.44. The van der Waals surface area contributed by atoms with Gasteiger partial charge in [0.25, 0.3) is 5.91 Å². The predicted octanol–water partition coefficient (Wildman–Crippen LogP) is 3.35. The molecule has 0 spiro atoms. The minimum absolute atomic E-state index is 0.0996. The number of nitrogens with one attached hydrogen (secondary N) is 1. The van der Waals surface area contributed by atoms with Gasteiger partial charge in [0, 0.05) is 16.9 Å². The average Bonchev–Trinajstić information content (AvgIpc) is 3.23. The van der Waals surface area contributed by atoms with Gasteiger partial charge in [0.2, 0.25) is 0 Å². The van der Waals surface area contributed by atoms with Gasteiger partial charge in [-0.2, -0.15) is 5.10 Å². The highest BCUT2D eigenvalue weighted by atomic mass is 35.5. The molecule has 0 aliphatic carbocycles. The molecule has 1 aromatic heterocycles. The average molecular weight is 414 g/mol. The molecule has 2 aromatic carbocycles. The molecule has 1 amide bonds. The molecule has 0 unspecified atom stereocenters. The highest BCUT2D eigenvalue weighted by molar-refractivity contribution is 6.30. The van der Waals surface area contributed by atoms with Crippen LogP contribution in [-0.4, -0.2) is 41.8 Å². The Labute approximate surface area is 171 Å². The SMILES string of the molecule is COC(=O)c1cc(NC(=O)c2cnn(-c3ccc(Cl)cc3)c2)cc(C(=O)OC)c1. The van der Waals surface area contributed by atoms with E-state index < -0.39 is 17.8 Å². The van der Waals surface area contributed by atoms with Crippen molar-refractivity contribution in [3.05, 3.63) is 76.6 Å². The van der Waals surface area contributed by atoms with Crippen LogP contribution in [0.3, 0.4) is 0 Å². The van der Waals surface area contributed by atoms with E-state index in [-0.39, 0.29) is 22.4 Å². The molecule has 0 radical (unpaired) electrons. The maximum atomic E-state index is 12.6. The van der Waals surface area contributed by atoms with Crippen molar-refractivity contribution >= 4 is 35.1 Å². The Bertz CT molecular complexity index is 1040. The first-order chi connectivity index (χ1) is 13.9. The van der Waals surface area contributed by atoms with Gasteiger partial charge in [0.15, 0.2) is 0 Å². The standard InChI is InChI=1S/C20H16ClN3O5/c1-28-19(26)12-7-13(20(27)29-2)9-16(8-12)23-18(25)14-10-22-24(11-14)17-5-3-15(21)4-6-17/h3-11H,1-2H3,(H,23,25). The topological polar surface area (TPSA) is 99.5 Å². The van der Waals surface area contributed by atoms with Crippen LogP contribution in [0.2, 0.25) is 5.02 Å². The molecule has 0 bridgehead atoms. The van der Waals surface area contributed by atoms with Gasteiger partial charge in [-0.05, 0) is 42.5 Å². The number of ether oxygens (including phenoxy) is 2. The first-order valence-electron chi connectivity index (χ1n) is 8.35. The lowest BCUT2D eigenvalue weighted by Gasteiger charge is -2.09. The third kappa shape index (κ3) is 4.61. The summed E-state index contributed by atoms with van der Waals surface area (Å²) in [6.45, 7) is 0. The van der Waals surface area contributed by atoms with Gasteiger partial charge in [0.1, 0.15) is 0 Å². The van der Waals surface area contributed by atoms with Crippen LogP contribution in [0.1, 0.15) is 31.1 Å². The molecule has 0 aliphatic heterocycles. The summed E-state index contributed by atoms with van der Waals surface area (Å²) in [6.07, 6.45) is 2.94. The molecular weight excluding hydrogens is 398 g/mol. The summed E-state index contributed by atoms with van der Waals surface area (Å²) in [5.41, 5.74) is 1.44. The summed E-state index contributed by atoms with van der Waals surface area (Å²) in [5, 5.41) is 7.39. The van der Waals surface area contributed by atoms with Gasteiger partial charge in [-0.25, -0.2) is 14.3 Å². The van der Waals surface area contributed by atoms with Gasteiger partial charge < -0.3 is 14.8 Å². The number of halogens is 1. The molecule has 3 rings (SSSR count). The number of aromatic nitrogens is 2. The highest BCUT2D eigenvalue weighted by Gasteiger charge is 2.16. The second kappa shape index (κ2) is 8.57. The lowest BCUT2D eigenvalue weighted by atomic mass is 10.1. The van der Waals surface area contributed by atoms with Crippen LogP contribution in [0, 0.1) is 0 Å².